The van der Waals surface area contributed by atoms with Gasteiger partial charge in [-0.3, -0.25) is 0 Å². The summed E-state index contributed by atoms with van der Waals surface area (Å²) in [6.45, 7) is 5.73. The van der Waals surface area contributed by atoms with Crippen LogP contribution in [0.2, 0.25) is 0 Å². The Kier molecular flexibility index (Phi) is 4.01. The Balaban J connectivity index is 1.89. The molecule has 3 aromatic rings. The quantitative estimate of drug-likeness (QED) is 0.775. The molecule has 1 fully saturated rings. The van der Waals surface area contributed by atoms with Gasteiger partial charge in [0.25, 0.3) is 0 Å². The number of para-hydroxylation sites is 2. The zero-order chi connectivity index (χ0) is 17.4. The lowest BCUT2D eigenvalue weighted by Gasteiger charge is -2.36. The van der Waals surface area contributed by atoms with Crippen LogP contribution in [0.15, 0.2) is 48.5 Å². The van der Waals surface area contributed by atoms with Crippen molar-refractivity contribution in [2.24, 2.45) is 0 Å². The Morgan fingerprint density at radius 3 is 2.40 bits per heavy atom. The number of phenolic OH excluding ortho intramolecular Hbond substituents is 1. The molecule has 0 unspecified atom stereocenters. The van der Waals surface area contributed by atoms with E-state index in [1.54, 1.807) is 12.1 Å². The summed E-state index contributed by atoms with van der Waals surface area (Å²) in [7, 11) is 0. The third-order valence-corrected chi connectivity index (χ3v) is 4.45. The topological polar surface area (TPSA) is 58.5 Å². The van der Waals surface area contributed by atoms with E-state index >= 15 is 0 Å². The van der Waals surface area contributed by atoms with Crippen molar-refractivity contribution in [3.05, 3.63) is 48.5 Å². The number of anilines is 1. The highest BCUT2D eigenvalue weighted by Gasteiger charge is 2.25. The molecular weight excluding hydrogens is 314 g/mol. The number of nitrogens with zero attached hydrogens (tertiary/aromatic N) is 3. The summed E-state index contributed by atoms with van der Waals surface area (Å²) in [6.07, 6.45) is 0.289. The Morgan fingerprint density at radius 2 is 1.64 bits per heavy atom. The van der Waals surface area contributed by atoms with Crippen LogP contribution in [0, 0.1) is 0 Å². The first kappa shape index (κ1) is 15.8. The molecule has 1 N–H and O–H groups in total. The maximum Gasteiger partial charge on any atom is 0.165 e. The van der Waals surface area contributed by atoms with E-state index < -0.39 is 0 Å². The zero-order valence-corrected chi connectivity index (χ0v) is 14.4. The van der Waals surface area contributed by atoms with Gasteiger partial charge in [0.15, 0.2) is 5.82 Å². The summed E-state index contributed by atoms with van der Waals surface area (Å²) in [5.41, 5.74) is 1.52. The number of hydrogen-bond acceptors (Lipinski definition) is 5. The number of rotatable bonds is 2. The molecule has 5 heteroatoms. The summed E-state index contributed by atoms with van der Waals surface area (Å²) in [5.74, 6) is 1.62. The minimum atomic E-state index is 0.144. The fourth-order valence-electron chi connectivity index (χ4n) is 3.43. The van der Waals surface area contributed by atoms with Gasteiger partial charge in [-0.25, -0.2) is 9.97 Å². The molecule has 2 atom stereocenters. The zero-order valence-electron chi connectivity index (χ0n) is 14.4. The third-order valence-electron chi connectivity index (χ3n) is 4.45. The van der Waals surface area contributed by atoms with Gasteiger partial charge in [-0.05, 0) is 38.1 Å². The average molecular weight is 335 g/mol. The standard InChI is InChI=1S/C20H21N3O2/c1-13-11-23(12-14(2)25-13)20-15-7-3-5-9-17(15)21-19(22-20)16-8-4-6-10-18(16)24/h3-10,13-14,24H,11-12H2,1-2H3/t13-,14+. The van der Waals surface area contributed by atoms with Crippen molar-refractivity contribution in [2.75, 3.05) is 18.0 Å². The minimum absolute atomic E-state index is 0.144. The van der Waals surface area contributed by atoms with Crippen molar-refractivity contribution >= 4 is 16.7 Å². The van der Waals surface area contributed by atoms with E-state index in [4.69, 9.17) is 9.72 Å². The fourth-order valence-corrected chi connectivity index (χ4v) is 3.43. The summed E-state index contributed by atoms with van der Waals surface area (Å²) in [4.78, 5) is 11.8. The van der Waals surface area contributed by atoms with Crippen LogP contribution in [-0.4, -0.2) is 40.4 Å². The molecule has 0 bridgehead atoms. The van der Waals surface area contributed by atoms with Crippen molar-refractivity contribution in [1.82, 2.24) is 9.97 Å². The fraction of sp³-hybridized carbons (Fsp3) is 0.300. The van der Waals surface area contributed by atoms with E-state index in [1.807, 2.05) is 36.4 Å². The number of aromatic nitrogens is 2. The first-order valence-corrected chi connectivity index (χ1v) is 8.57. The Bertz CT molecular complexity index is 902. The third kappa shape index (κ3) is 3.03. The maximum absolute atomic E-state index is 10.2. The molecule has 1 aliphatic heterocycles. The molecule has 25 heavy (non-hydrogen) atoms. The van der Waals surface area contributed by atoms with E-state index in [-0.39, 0.29) is 18.0 Å². The molecule has 128 valence electrons. The molecule has 4 rings (SSSR count). The van der Waals surface area contributed by atoms with Crippen LogP contribution in [0.5, 0.6) is 5.75 Å². The Labute approximate surface area is 146 Å². The van der Waals surface area contributed by atoms with Crippen LogP contribution in [0.25, 0.3) is 22.3 Å². The SMILES string of the molecule is C[C@@H]1CN(c2nc(-c3ccccc3O)nc3ccccc23)C[C@H](C)O1. The lowest BCUT2D eigenvalue weighted by atomic mass is 10.1. The summed E-state index contributed by atoms with van der Waals surface area (Å²) < 4.78 is 5.86. The van der Waals surface area contributed by atoms with E-state index in [0.29, 0.717) is 11.4 Å². The van der Waals surface area contributed by atoms with E-state index in [2.05, 4.69) is 23.7 Å². The molecule has 0 saturated carbocycles. The van der Waals surface area contributed by atoms with Gasteiger partial charge < -0.3 is 14.7 Å². The Morgan fingerprint density at radius 1 is 0.960 bits per heavy atom. The highest BCUT2D eigenvalue weighted by atomic mass is 16.5. The van der Waals surface area contributed by atoms with Gasteiger partial charge in [0.05, 0.1) is 23.3 Å². The number of morpholine rings is 1. The minimum Gasteiger partial charge on any atom is -0.507 e. The van der Waals surface area contributed by atoms with Gasteiger partial charge in [-0.1, -0.05) is 24.3 Å². The van der Waals surface area contributed by atoms with Gasteiger partial charge in [0, 0.05) is 18.5 Å². The number of ether oxygens (including phenoxy) is 1. The van der Waals surface area contributed by atoms with Crippen LogP contribution in [-0.2, 0) is 4.74 Å². The van der Waals surface area contributed by atoms with Crippen molar-refractivity contribution in [2.45, 2.75) is 26.1 Å². The summed E-state index contributed by atoms with van der Waals surface area (Å²) >= 11 is 0. The van der Waals surface area contributed by atoms with Crippen LogP contribution in [0.3, 0.4) is 0 Å². The number of hydrogen-bond donors (Lipinski definition) is 1. The number of fused-ring (bicyclic) bond motifs is 1. The van der Waals surface area contributed by atoms with E-state index in [0.717, 1.165) is 29.8 Å². The molecular formula is C20H21N3O2. The highest BCUT2D eigenvalue weighted by molar-refractivity contribution is 5.91. The Hall–Kier alpha value is -2.66. The predicted molar refractivity (Wildman–Crippen MR) is 98.9 cm³/mol. The first-order valence-electron chi connectivity index (χ1n) is 8.57. The monoisotopic (exact) mass is 335 g/mol. The van der Waals surface area contributed by atoms with E-state index in [1.165, 1.54) is 0 Å². The van der Waals surface area contributed by atoms with Crippen molar-refractivity contribution in [3.63, 3.8) is 0 Å². The molecule has 0 aliphatic carbocycles. The number of benzene rings is 2. The van der Waals surface area contributed by atoms with Crippen LogP contribution >= 0.6 is 0 Å². The molecule has 2 heterocycles. The summed E-state index contributed by atoms with van der Waals surface area (Å²) in [5, 5.41) is 11.2. The van der Waals surface area contributed by atoms with Gasteiger partial charge >= 0.3 is 0 Å². The molecule has 0 spiro atoms. The van der Waals surface area contributed by atoms with Crippen LogP contribution in [0.1, 0.15) is 13.8 Å². The second-order valence-electron chi connectivity index (χ2n) is 6.57. The highest BCUT2D eigenvalue weighted by Crippen LogP contribution is 2.32. The van der Waals surface area contributed by atoms with Crippen molar-refractivity contribution in [3.8, 4) is 17.1 Å². The van der Waals surface area contributed by atoms with Crippen molar-refractivity contribution < 1.29 is 9.84 Å². The van der Waals surface area contributed by atoms with Gasteiger partial charge in [0.1, 0.15) is 11.6 Å². The lowest BCUT2D eigenvalue weighted by Crippen LogP contribution is -2.46. The number of phenols is 1. The second-order valence-corrected chi connectivity index (χ2v) is 6.57. The maximum atomic E-state index is 10.2. The number of aromatic hydroxyl groups is 1. The molecule has 5 nitrogen and oxygen atoms in total. The van der Waals surface area contributed by atoms with Gasteiger partial charge in [-0.2, -0.15) is 0 Å². The van der Waals surface area contributed by atoms with Gasteiger partial charge in [0.2, 0.25) is 0 Å². The normalized spacial score (nSPS) is 20.8. The average Bonchev–Trinajstić information content (AvgIpc) is 2.60. The molecule has 0 amide bonds. The largest absolute Gasteiger partial charge is 0.507 e. The molecule has 1 aromatic heterocycles. The summed E-state index contributed by atoms with van der Waals surface area (Å²) in [6, 6.07) is 15.2. The second kappa shape index (κ2) is 6.33. The molecule has 0 radical (unpaired) electrons. The molecule has 1 saturated heterocycles. The van der Waals surface area contributed by atoms with Gasteiger partial charge in [-0.15, -0.1) is 0 Å². The lowest BCUT2D eigenvalue weighted by molar-refractivity contribution is -0.00536. The van der Waals surface area contributed by atoms with E-state index in [9.17, 15) is 5.11 Å². The van der Waals surface area contributed by atoms with Crippen LogP contribution < -0.4 is 4.90 Å². The molecule has 2 aromatic carbocycles. The predicted octanol–water partition coefficient (Wildman–Crippen LogP) is 3.62. The smallest absolute Gasteiger partial charge is 0.165 e. The first-order chi connectivity index (χ1) is 12.1. The van der Waals surface area contributed by atoms with Crippen molar-refractivity contribution in [1.29, 1.82) is 0 Å². The molecule has 1 aliphatic rings. The van der Waals surface area contributed by atoms with Crippen LogP contribution in [0.4, 0.5) is 5.82 Å².